The van der Waals surface area contributed by atoms with Crippen molar-refractivity contribution in [2.24, 2.45) is 0 Å². The molecule has 0 fully saturated rings. The maximum atomic E-state index is 12.7. The van der Waals surface area contributed by atoms with Crippen LogP contribution >= 0.6 is 0 Å². The minimum absolute atomic E-state index is 0.144. The van der Waals surface area contributed by atoms with Crippen molar-refractivity contribution in [1.82, 2.24) is 5.32 Å². The van der Waals surface area contributed by atoms with Gasteiger partial charge in [0.2, 0.25) is 5.91 Å². The summed E-state index contributed by atoms with van der Waals surface area (Å²) < 4.78 is 4.92. The highest BCUT2D eigenvalue weighted by Gasteiger charge is 2.28. The number of fused-ring (bicyclic) bond motifs is 1. The van der Waals surface area contributed by atoms with Crippen molar-refractivity contribution in [2.45, 2.75) is 32.7 Å². The third kappa shape index (κ3) is 5.13. The number of nitrogens with zero attached hydrogens (tertiary/aromatic N) is 1. The van der Waals surface area contributed by atoms with E-state index in [0.717, 1.165) is 23.2 Å². The maximum absolute atomic E-state index is 12.7. The molecule has 1 aliphatic heterocycles. The summed E-state index contributed by atoms with van der Waals surface area (Å²) in [6.45, 7) is 4.40. The third-order valence-corrected chi connectivity index (χ3v) is 4.74. The van der Waals surface area contributed by atoms with Crippen molar-refractivity contribution >= 4 is 29.3 Å². The molecular weight excluding hydrogens is 370 g/mol. The summed E-state index contributed by atoms with van der Waals surface area (Å²) in [5.41, 5.74) is 3.41. The molecule has 2 aromatic carbocycles. The number of ether oxygens (including phenoxy) is 1. The van der Waals surface area contributed by atoms with Gasteiger partial charge in [-0.2, -0.15) is 0 Å². The smallest absolute Gasteiger partial charge is 0.319 e. The van der Waals surface area contributed by atoms with Crippen molar-refractivity contribution in [3.8, 4) is 0 Å². The Kier molecular flexibility index (Phi) is 6.49. The van der Waals surface area contributed by atoms with Gasteiger partial charge >= 0.3 is 12.0 Å². The van der Waals surface area contributed by atoms with Crippen molar-refractivity contribution < 1.29 is 19.1 Å². The van der Waals surface area contributed by atoms with Crippen LogP contribution in [0.15, 0.2) is 48.5 Å². The van der Waals surface area contributed by atoms with E-state index in [1.165, 1.54) is 0 Å². The molecule has 0 saturated carbocycles. The largest absolute Gasteiger partial charge is 0.466 e. The minimum Gasteiger partial charge on any atom is -0.466 e. The third-order valence-electron chi connectivity index (χ3n) is 4.74. The molecule has 152 valence electrons. The first-order valence-corrected chi connectivity index (χ1v) is 9.69. The first kappa shape index (κ1) is 20.4. The van der Waals surface area contributed by atoms with Crippen molar-refractivity contribution in [3.05, 3.63) is 59.7 Å². The predicted molar refractivity (Wildman–Crippen MR) is 111 cm³/mol. The fraction of sp³-hybridized carbons (Fsp3) is 0.318. The highest BCUT2D eigenvalue weighted by atomic mass is 16.5. The Balaban J connectivity index is 1.52. The molecule has 3 rings (SSSR count). The molecule has 1 aliphatic rings. The van der Waals surface area contributed by atoms with E-state index < -0.39 is 12.1 Å². The minimum atomic E-state index is -0.663. The number of esters is 1. The molecule has 7 nitrogen and oxygen atoms in total. The van der Waals surface area contributed by atoms with Crippen molar-refractivity contribution in [2.75, 3.05) is 23.4 Å². The monoisotopic (exact) mass is 395 g/mol. The Morgan fingerprint density at radius 3 is 2.55 bits per heavy atom. The van der Waals surface area contributed by atoms with Gasteiger partial charge in [-0.1, -0.05) is 30.3 Å². The first-order valence-electron chi connectivity index (χ1n) is 9.69. The number of amides is 3. The first-order chi connectivity index (χ1) is 14.0. The normalized spacial score (nSPS) is 13.4. The van der Waals surface area contributed by atoms with Crippen LogP contribution in [0.2, 0.25) is 0 Å². The van der Waals surface area contributed by atoms with E-state index in [1.54, 1.807) is 43.0 Å². The lowest BCUT2D eigenvalue weighted by Crippen LogP contribution is -2.47. The van der Waals surface area contributed by atoms with Gasteiger partial charge in [0.1, 0.15) is 6.04 Å². The molecule has 2 N–H and O–H groups in total. The summed E-state index contributed by atoms with van der Waals surface area (Å²) >= 11 is 0. The van der Waals surface area contributed by atoms with Gasteiger partial charge in [0.15, 0.2) is 0 Å². The average molecular weight is 395 g/mol. The number of nitrogens with one attached hydrogen (secondary N) is 2. The molecule has 0 bridgehead atoms. The summed E-state index contributed by atoms with van der Waals surface area (Å²) in [5, 5.41) is 5.39. The lowest BCUT2D eigenvalue weighted by atomic mass is 10.1. The van der Waals surface area contributed by atoms with Gasteiger partial charge in [0, 0.05) is 17.9 Å². The Hall–Kier alpha value is -3.35. The fourth-order valence-corrected chi connectivity index (χ4v) is 3.31. The van der Waals surface area contributed by atoms with E-state index in [2.05, 4.69) is 10.6 Å². The molecule has 1 heterocycles. The van der Waals surface area contributed by atoms with Gasteiger partial charge in [-0.05, 0) is 49.6 Å². The van der Waals surface area contributed by atoms with Crippen LogP contribution in [-0.4, -0.2) is 37.1 Å². The van der Waals surface area contributed by atoms with Crippen LogP contribution in [0.25, 0.3) is 0 Å². The van der Waals surface area contributed by atoms with Crippen molar-refractivity contribution in [1.29, 1.82) is 0 Å². The predicted octanol–water partition coefficient (Wildman–Crippen LogP) is 2.89. The molecule has 29 heavy (non-hydrogen) atoms. The summed E-state index contributed by atoms with van der Waals surface area (Å²) in [5.74, 6) is -0.434. The van der Waals surface area contributed by atoms with E-state index in [0.29, 0.717) is 18.8 Å². The molecule has 0 spiro atoms. The lowest BCUT2D eigenvalue weighted by molar-refractivity contribution is -0.142. The average Bonchev–Trinajstić information content (AvgIpc) is 3.13. The molecule has 0 radical (unpaired) electrons. The van der Waals surface area contributed by atoms with Crippen LogP contribution < -0.4 is 15.5 Å². The summed E-state index contributed by atoms with van der Waals surface area (Å²) in [6.07, 6.45) is 1.00. The van der Waals surface area contributed by atoms with Crippen LogP contribution in [0.1, 0.15) is 25.0 Å². The molecule has 0 unspecified atom stereocenters. The van der Waals surface area contributed by atoms with Gasteiger partial charge in [0.05, 0.1) is 13.0 Å². The number of hydrogen-bond donors (Lipinski definition) is 2. The highest BCUT2D eigenvalue weighted by Crippen LogP contribution is 2.27. The van der Waals surface area contributed by atoms with Gasteiger partial charge < -0.3 is 20.3 Å². The highest BCUT2D eigenvalue weighted by molar-refractivity contribution is 6.01. The lowest BCUT2D eigenvalue weighted by Gasteiger charge is -2.22. The topological polar surface area (TPSA) is 87.7 Å². The number of urea groups is 1. The number of para-hydroxylation sites is 1. The Morgan fingerprint density at radius 1 is 1.10 bits per heavy atom. The zero-order valence-corrected chi connectivity index (χ0v) is 16.6. The van der Waals surface area contributed by atoms with Crippen LogP contribution in [0.5, 0.6) is 0 Å². The Bertz CT molecular complexity index is 895. The number of anilines is 2. The summed E-state index contributed by atoms with van der Waals surface area (Å²) in [4.78, 5) is 38.2. The second kappa shape index (κ2) is 9.23. The zero-order valence-electron chi connectivity index (χ0n) is 16.6. The molecule has 7 heteroatoms. The Labute approximate surface area is 170 Å². The Morgan fingerprint density at radius 2 is 1.83 bits per heavy atom. The van der Waals surface area contributed by atoms with Gasteiger partial charge in [-0.3, -0.25) is 9.59 Å². The SMILES string of the molecule is CCOC(=O)Cc1ccc(NC(=O)N[C@@H](C)C(=O)N2CCc3ccccc32)cc1. The number of benzene rings is 2. The molecule has 3 amide bonds. The van der Waals surface area contributed by atoms with Crippen LogP contribution in [0, 0.1) is 0 Å². The number of hydrogen-bond acceptors (Lipinski definition) is 4. The molecule has 0 saturated heterocycles. The van der Waals surface area contributed by atoms with Gasteiger partial charge in [-0.25, -0.2) is 4.79 Å². The number of rotatable bonds is 6. The molecule has 0 aromatic heterocycles. The number of carbonyl (C=O) groups excluding carboxylic acids is 3. The van der Waals surface area contributed by atoms with E-state index in [1.807, 2.05) is 24.3 Å². The second-order valence-electron chi connectivity index (χ2n) is 6.87. The van der Waals surface area contributed by atoms with E-state index in [4.69, 9.17) is 4.74 Å². The quantitative estimate of drug-likeness (QED) is 0.736. The summed E-state index contributed by atoms with van der Waals surface area (Å²) in [6, 6.07) is 13.6. The van der Waals surface area contributed by atoms with Gasteiger partial charge in [-0.15, -0.1) is 0 Å². The molecule has 2 aromatic rings. The zero-order chi connectivity index (χ0) is 20.8. The van der Waals surface area contributed by atoms with E-state index >= 15 is 0 Å². The van der Waals surface area contributed by atoms with E-state index in [-0.39, 0.29) is 18.3 Å². The van der Waals surface area contributed by atoms with Gasteiger partial charge in [0.25, 0.3) is 0 Å². The van der Waals surface area contributed by atoms with Crippen LogP contribution in [0.3, 0.4) is 0 Å². The van der Waals surface area contributed by atoms with E-state index in [9.17, 15) is 14.4 Å². The fourth-order valence-electron chi connectivity index (χ4n) is 3.31. The summed E-state index contributed by atoms with van der Waals surface area (Å²) in [7, 11) is 0. The number of carbonyl (C=O) groups is 3. The van der Waals surface area contributed by atoms with Crippen LogP contribution in [-0.2, 0) is 27.2 Å². The molecular formula is C22H25N3O4. The standard InChI is InChI=1S/C22H25N3O4/c1-3-29-20(26)14-16-8-10-18(11-9-16)24-22(28)23-15(2)21(27)25-13-12-17-6-4-5-7-19(17)25/h4-11,15H,3,12-14H2,1-2H3,(H2,23,24,28)/t15-/m0/s1. The maximum Gasteiger partial charge on any atom is 0.319 e. The molecule has 1 atom stereocenters. The van der Waals surface area contributed by atoms with Crippen molar-refractivity contribution in [3.63, 3.8) is 0 Å². The second-order valence-corrected chi connectivity index (χ2v) is 6.87. The van der Waals surface area contributed by atoms with Crippen LogP contribution in [0.4, 0.5) is 16.2 Å². The molecule has 0 aliphatic carbocycles.